The maximum Gasteiger partial charge on any atom is 0.253 e. The predicted molar refractivity (Wildman–Crippen MR) is 130 cm³/mol. The Morgan fingerprint density at radius 3 is 2.52 bits per heavy atom. The molecule has 1 heterocycles. The number of nitrogens with zero attached hydrogens (tertiary/aromatic N) is 2. The lowest BCUT2D eigenvalue weighted by Gasteiger charge is -2.25. The molecule has 1 aliphatic rings. The summed E-state index contributed by atoms with van der Waals surface area (Å²) < 4.78 is 5.83. The Hall–Kier alpha value is -2.99. The average molecular weight is 448 g/mol. The average Bonchev–Trinajstić information content (AvgIpc) is 3.45. The van der Waals surface area contributed by atoms with E-state index in [2.05, 4.69) is 24.1 Å². The van der Waals surface area contributed by atoms with Crippen LogP contribution in [0.1, 0.15) is 56.8 Å². The molecule has 6 heteroatoms. The first-order valence-corrected chi connectivity index (χ1v) is 11.8. The van der Waals surface area contributed by atoms with Crippen molar-refractivity contribution in [3.63, 3.8) is 0 Å². The summed E-state index contributed by atoms with van der Waals surface area (Å²) in [7, 11) is 1.87. The molecule has 1 aromatic heterocycles. The van der Waals surface area contributed by atoms with Gasteiger partial charge in [0.25, 0.3) is 5.91 Å². The SMILES string of the molecule is CC(C)N[C@@H](C)C(=O)C[C@@H]1CC[C@H](N(C)C(=O)c2ccc(-c3nc4ccccc4o3)cc2)C1. The summed E-state index contributed by atoms with van der Waals surface area (Å²) in [6, 6.07) is 15.4. The quantitative estimate of drug-likeness (QED) is 0.521. The number of fused-ring (bicyclic) bond motifs is 1. The van der Waals surface area contributed by atoms with E-state index in [1.807, 2.05) is 67.4 Å². The van der Waals surface area contributed by atoms with Gasteiger partial charge in [-0.15, -0.1) is 0 Å². The van der Waals surface area contributed by atoms with Crippen LogP contribution in [-0.4, -0.2) is 46.7 Å². The Kier molecular flexibility index (Phi) is 6.94. The number of amides is 1. The van der Waals surface area contributed by atoms with E-state index in [-0.39, 0.29) is 29.8 Å². The Balaban J connectivity index is 1.35. The lowest BCUT2D eigenvalue weighted by molar-refractivity contribution is -0.121. The van der Waals surface area contributed by atoms with Crippen LogP contribution in [-0.2, 0) is 4.79 Å². The number of Topliss-reactive ketones (excluding diaryl/α,β-unsaturated/α-hetero) is 1. The normalized spacial score (nSPS) is 19.2. The largest absolute Gasteiger partial charge is 0.436 e. The number of para-hydroxylation sites is 2. The summed E-state index contributed by atoms with van der Waals surface area (Å²) in [4.78, 5) is 32.0. The third-order valence-corrected chi connectivity index (χ3v) is 6.61. The Labute approximate surface area is 195 Å². The van der Waals surface area contributed by atoms with Crippen LogP contribution in [0.25, 0.3) is 22.6 Å². The van der Waals surface area contributed by atoms with E-state index in [1.54, 1.807) is 0 Å². The van der Waals surface area contributed by atoms with Gasteiger partial charge in [-0.2, -0.15) is 0 Å². The second-order valence-corrected chi connectivity index (χ2v) is 9.53. The highest BCUT2D eigenvalue weighted by molar-refractivity contribution is 5.94. The van der Waals surface area contributed by atoms with Crippen molar-refractivity contribution in [1.82, 2.24) is 15.2 Å². The molecule has 1 N–H and O–H groups in total. The van der Waals surface area contributed by atoms with E-state index in [0.717, 1.165) is 35.9 Å². The standard InChI is InChI=1S/C27H33N3O3/c1-17(2)28-18(3)24(31)16-19-9-14-22(15-19)30(4)27(32)21-12-10-20(11-13-21)26-29-23-7-5-6-8-25(23)33-26/h5-8,10-13,17-19,22,28H,9,14-16H2,1-4H3/t18-,19+,22-/m0/s1. The van der Waals surface area contributed by atoms with Gasteiger partial charge in [0, 0.05) is 36.7 Å². The molecule has 3 atom stereocenters. The van der Waals surface area contributed by atoms with E-state index in [4.69, 9.17) is 4.42 Å². The lowest BCUT2D eigenvalue weighted by Crippen LogP contribution is -2.39. The van der Waals surface area contributed by atoms with Gasteiger partial charge in [-0.3, -0.25) is 9.59 Å². The molecule has 1 amide bonds. The van der Waals surface area contributed by atoms with Gasteiger partial charge in [-0.05, 0) is 68.5 Å². The number of ketones is 1. The molecule has 174 valence electrons. The van der Waals surface area contributed by atoms with Crippen molar-refractivity contribution in [1.29, 1.82) is 0 Å². The van der Waals surface area contributed by atoms with E-state index >= 15 is 0 Å². The number of nitrogens with one attached hydrogen (secondary N) is 1. The molecule has 0 aliphatic heterocycles. The summed E-state index contributed by atoms with van der Waals surface area (Å²) in [6.07, 6.45) is 3.38. The minimum atomic E-state index is -0.122. The zero-order valence-corrected chi connectivity index (χ0v) is 19.9. The van der Waals surface area contributed by atoms with Gasteiger partial charge >= 0.3 is 0 Å². The van der Waals surface area contributed by atoms with E-state index < -0.39 is 0 Å². The Bertz CT molecular complexity index is 1090. The smallest absolute Gasteiger partial charge is 0.253 e. The van der Waals surface area contributed by atoms with Crippen molar-refractivity contribution in [3.8, 4) is 11.5 Å². The maximum atomic E-state index is 13.1. The summed E-state index contributed by atoms with van der Waals surface area (Å²) in [6.45, 7) is 6.04. The van der Waals surface area contributed by atoms with Crippen molar-refractivity contribution in [2.45, 2.75) is 64.6 Å². The van der Waals surface area contributed by atoms with E-state index in [9.17, 15) is 9.59 Å². The summed E-state index contributed by atoms with van der Waals surface area (Å²) in [5.41, 5.74) is 3.05. The lowest BCUT2D eigenvalue weighted by atomic mass is 9.97. The molecule has 0 spiro atoms. The number of aromatic nitrogens is 1. The Morgan fingerprint density at radius 1 is 1.09 bits per heavy atom. The van der Waals surface area contributed by atoms with Crippen LogP contribution in [0, 0.1) is 5.92 Å². The minimum absolute atomic E-state index is 0.00549. The topological polar surface area (TPSA) is 75.4 Å². The van der Waals surface area contributed by atoms with Crippen molar-refractivity contribution >= 4 is 22.8 Å². The highest BCUT2D eigenvalue weighted by Gasteiger charge is 2.32. The van der Waals surface area contributed by atoms with Crippen molar-refractivity contribution in [2.75, 3.05) is 7.05 Å². The molecule has 6 nitrogen and oxygen atoms in total. The van der Waals surface area contributed by atoms with Gasteiger partial charge < -0.3 is 14.6 Å². The van der Waals surface area contributed by atoms with Crippen LogP contribution in [0.5, 0.6) is 0 Å². The molecule has 0 saturated heterocycles. The van der Waals surface area contributed by atoms with Gasteiger partial charge in [0.05, 0.1) is 6.04 Å². The second-order valence-electron chi connectivity index (χ2n) is 9.53. The van der Waals surface area contributed by atoms with Crippen molar-refractivity contribution < 1.29 is 14.0 Å². The zero-order valence-electron chi connectivity index (χ0n) is 19.9. The van der Waals surface area contributed by atoms with Crippen LogP contribution in [0.4, 0.5) is 0 Å². The minimum Gasteiger partial charge on any atom is -0.436 e. The van der Waals surface area contributed by atoms with Crippen LogP contribution < -0.4 is 5.32 Å². The molecule has 3 aromatic rings. The molecule has 0 bridgehead atoms. The molecule has 0 unspecified atom stereocenters. The summed E-state index contributed by atoms with van der Waals surface area (Å²) in [5, 5.41) is 3.29. The van der Waals surface area contributed by atoms with E-state index in [0.29, 0.717) is 23.8 Å². The zero-order chi connectivity index (χ0) is 23.5. The highest BCUT2D eigenvalue weighted by atomic mass is 16.3. The monoisotopic (exact) mass is 447 g/mol. The number of oxazole rings is 1. The number of benzene rings is 2. The number of hydrogen-bond acceptors (Lipinski definition) is 5. The van der Waals surface area contributed by atoms with Crippen LogP contribution >= 0.6 is 0 Å². The first-order chi connectivity index (χ1) is 15.8. The highest BCUT2D eigenvalue weighted by Crippen LogP contribution is 2.32. The maximum absolute atomic E-state index is 13.1. The van der Waals surface area contributed by atoms with E-state index in [1.165, 1.54) is 0 Å². The third kappa shape index (κ3) is 5.33. The number of hydrogen-bond donors (Lipinski definition) is 1. The van der Waals surface area contributed by atoms with Crippen molar-refractivity contribution in [3.05, 3.63) is 54.1 Å². The fraction of sp³-hybridized carbons (Fsp3) is 0.444. The van der Waals surface area contributed by atoms with Crippen molar-refractivity contribution in [2.24, 2.45) is 5.92 Å². The summed E-state index contributed by atoms with van der Waals surface area (Å²) in [5.74, 6) is 1.16. The first kappa shape index (κ1) is 23.2. The van der Waals surface area contributed by atoms with Gasteiger partial charge in [0.2, 0.25) is 5.89 Å². The van der Waals surface area contributed by atoms with Gasteiger partial charge in [-0.1, -0.05) is 26.0 Å². The summed E-state index contributed by atoms with van der Waals surface area (Å²) >= 11 is 0. The number of carbonyl (C=O) groups excluding carboxylic acids is 2. The first-order valence-electron chi connectivity index (χ1n) is 11.8. The van der Waals surface area contributed by atoms with Gasteiger partial charge in [0.15, 0.2) is 5.58 Å². The molecular formula is C27H33N3O3. The molecule has 1 saturated carbocycles. The van der Waals surface area contributed by atoms with Gasteiger partial charge in [0.1, 0.15) is 11.3 Å². The third-order valence-electron chi connectivity index (χ3n) is 6.61. The molecule has 33 heavy (non-hydrogen) atoms. The molecular weight excluding hydrogens is 414 g/mol. The molecule has 1 fully saturated rings. The van der Waals surface area contributed by atoms with Crippen LogP contribution in [0.15, 0.2) is 52.9 Å². The molecule has 2 aromatic carbocycles. The second kappa shape index (κ2) is 9.87. The number of carbonyl (C=O) groups is 2. The molecule has 1 aliphatic carbocycles. The van der Waals surface area contributed by atoms with Crippen LogP contribution in [0.3, 0.4) is 0 Å². The number of rotatable bonds is 8. The van der Waals surface area contributed by atoms with Gasteiger partial charge in [-0.25, -0.2) is 4.98 Å². The molecule has 0 radical (unpaired) electrons. The predicted octanol–water partition coefficient (Wildman–Crippen LogP) is 5.08. The fourth-order valence-corrected chi connectivity index (χ4v) is 4.76. The Morgan fingerprint density at radius 2 is 1.82 bits per heavy atom. The van der Waals surface area contributed by atoms with Crippen LogP contribution in [0.2, 0.25) is 0 Å². The fourth-order valence-electron chi connectivity index (χ4n) is 4.76. The molecule has 4 rings (SSSR count).